The van der Waals surface area contributed by atoms with Gasteiger partial charge in [0, 0.05) is 37.3 Å². The lowest BCUT2D eigenvalue weighted by Crippen LogP contribution is -2.26. The van der Waals surface area contributed by atoms with Crippen LogP contribution in [0.3, 0.4) is 0 Å². The summed E-state index contributed by atoms with van der Waals surface area (Å²) >= 11 is 0. The van der Waals surface area contributed by atoms with Gasteiger partial charge in [-0.1, -0.05) is 36.4 Å². The van der Waals surface area contributed by atoms with Crippen LogP contribution in [0, 0.1) is 0 Å². The number of para-hydroxylation sites is 2. The second-order valence-corrected chi connectivity index (χ2v) is 4.61. The van der Waals surface area contributed by atoms with Crippen LogP contribution in [-0.4, -0.2) is 23.3 Å². The third-order valence-electron chi connectivity index (χ3n) is 3.09. The number of hydrogen-bond donors (Lipinski definition) is 4. The summed E-state index contributed by atoms with van der Waals surface area (Å²) in [5.41, 5.74) is 1.79. The van der Waals surface area contributed by atoms with Crippen molar-refractivity contribution in [3.63, 3.8) is 0 Å². The second-order valence-electron chi connectivity index (χ2n) is 4.61. The summed E-state index contributed by atoms with van der Waals surface area (Å²) in [5.74, 6) is 0.643. The Kier molecular flexibility index (Phi) is 10.4. The Hall–Kier alpha value is -1.46. The highest BCUT2D eigenvalue weighted by atomic mass is 35.5. The quantitative estimate of drug-likeness (QED) is 0.583. The van der Waals surface area contributed by atoms with Crippen molar-refractivity contribution in [1.29, 1.82) is 0 Å². The molecule has 0 aliphatic heterocycles. The minimum Gasteiger partial charge on any atom is -0.508 e. The second kappa shape index (κ2) is 11.2. The lowest BCUT2D eigenvalue weighted by Gasteiger charge is -2.08. The van der Waals surface area contributed by atoms with E-state index in [-0.39, 0.29) is 24.8 Å². The highest BCUT2D eigenvalue weighted by Gasteiger charge is 1.99. The summed E-state index contributed by atoms with van der Waals surface area (Å²) < 4.78 is 0. The maximum atomic E-state index is 9.61. The van der Waals surface area contributed by atoms with Gasteiger partial charge in [0.15, 0.2) is 0 Å². The zero-order valence-electron chi connectivity index (χ0n) is 12.2. The van der Waals surface area contributed by atoms with Crippen molar-refractivity contribution in [1.82, 2.24) is 10.6 Å². The Morgan fingerprint density at radius 3 is 1.36 bits per heavy atom. The molecular formula is C16H22Cl2N2O2. The van der Waals surface area contributed by atoms with Crippen LogP contribution in [0.4, 0.5) is 0 Å². The predicted octanol–water partition coefficient (Wildman–Crippen LogP) is 2.82. The molecule has 0 aliphatic rings. The van der Waals surface area contributed by atoms with Crippen LogP contribution in [0.25, 0.3) is 0 Å². The van der Waals surface area contributed by atoms with E-state index in [9.17, 15) is 10.2 Å². The number of benzene rings is 2. The van der Waals surface area contributed by atoms with Crippen molar-refractivity contribution in [2.75, 3.05) is 13.1 Å². The fraction of sp³-hybridized carbons (Fsp3) is 0.250. The Bertz CT molecular complexity index is 504. The lowest BCUT2D eigenvalue weighted by molar-refractivity contribution is 0.461. The summed E-state index contributed by atoms with van der Waals surface area (Å²) in [6, 6.07) is 14.6. The summed E-state index contributed by atoms with van der Waals surface area (Å²) in [6.45, 7) is 2.87. The molecule has 0 amide bonds. The number of phenols is 2. The first kappa shape index (κ1) is 20.5. The van der Waals surface area contributed by atoms with E-state index in [1.807, 2.05) is 36.4 Å². The van der Waals surface area contributed by atoms with E-state index in [2.05, 4.69) is 10.6 Å². The molecule has 0 atom stereocenters. The minimum absolute atomic E-state index is 0. The van der Waals surface area contributed by atoms with Crippen LogP contribution in [0.15, 0.2) is 48.5 Å². The molecule has 4 N–H and O–H groups in total. The summed E-state index contributed by atoms with van der Waals surface area (Å²) in [4.78, 5) is 0. The molecule has 0 fully saturated rings. The average Bonchev–Trinajstić information content (AvgIpc) is 2.46. The molecule has 0 aliphatic carbocycles. The number of rotatable bonds is 7. The van der Waals surface area contributed by atoms with Gasteiger partial charge in [-0.25, -0.2) is 0 Å². The first-order valence-electron chi connectivity index (χ1n) is 6.72. The van der Waals surface area contributed by atoms with Gasteiger partial charge in [0.25, 0.3) is 0 Å². The molecule has 4 nitrogen and oxygen atoms in total. The molecule has 22 heavy (non-hydrogen) atoms. The molecule has 2 aromatic rings. The van der Waals surface area contributed by atoms with Gasteiger partial charge in [0.05, 0.1) is 0 Å². The van der Waals surface area contributed by atoms with Gasteiger partial charge in [-0.2, -0.15) is 0 Å². The molecule has 122 valence electrons. The minimum atomic E-state index is 0. The van der Waals surface area contributed by atoms with Crippen molar-refractivity contribution in [3.8, 4) is 11.5 Å². The Labute approximate surface area is 143 Å². The topological polar surface area (TPSA) is 64.5 Å². The van der Waals surface area contributed by atoms with Gasteiger partial charge >= 0.3 is 0 Å². The highest BCUT2D eigenvalue weighted by molar-refractivity contribution is 5.85. The van der Waals surface area contributed by atoms with Crippen LogP contribution < -0.4 is 10.6 Å². The number of hydrogen-bond acceptors (Lipinski definition) is 4. The van der Waals surface area contributed by atoms with E-state index in [0.717, 1.165) is 24.2 Å². The molecule has 0 spiro atoms. The fourth-order valence-corrected chi connectivity index (χ4v) is 1.94. The van der Waals surface area contributed by atoms with Crippen molar-refractivity contribution >= 4 is 24.8 Å². The van der Waals surface area contributed by atoms with Crippen molar-refractivity contribution in [2.24, 2.45) is 0 Å². The zero-order chi connectivity index (χ0) is 14.2. The maximum absolute atomic E-state index is 9.61. The SMILES string of the molecule is Cl.Cl.Oc1ccccc1CNCCNCc1ccccc1O. The van der Waals surface area contributed by atoms with Gasteiger partial charge in [-0.3, -0.25) is 0 Å². The normalized spacial score (nSPS) is 9.64. The lowest BCUT2D eigenvalue weighted by atomic mass is 10.2. The van der Waals surface area contributed by atoms with Crippen molar-refractivity contribution < 1.29 is 10.2 Å². The third kappa shape index (κ3) is 6.54. The van der Waals surface area contributed by atoms with Gasteiger partial charge in [-0.05, 0) is 12.1 Å². The Morgan fingerprint density at radius 2 is 1.00 bits per heavy atom. The van der Waals surface area contributed by atoms with Gasteiger partial charge in [-0.15, -0.1) is 24.8 Å². The highest BCUT2D eigenvalue weighted by Crippen LogP contribution is 2.15. The summed E-state index contributed by atoms with van der Waals surface area (Å²) in [5, 5.41) is 25.7. The molecule has 2 aromatic carbocycles. The first-order valence-corrected chi connectivity index (χ1v) is 6.72. The maximum Gasteiger partial charge on any atom is 0.120 e. The average molecular weight is 345 g/mol. The number of nitrogens with one attached hydrogen (secondary N) is 2. The Balaban J connectivity index is 0.00000220. The van der Waals surface area contributed by atoms with E-state index in [1.165, 1.54) is 0 Å². The van der Waals surface area contributed by atoms with Crippen molar-refractivity contribution in [3.05, 3.63) is 59.7 Å². The molecular weight excluding hydrogens is 323 g/mol. The van der Waals surface area contributed by atoms with E-state index in [4.69, 9.17) is 0 Å². The molecule has 0 heterocycles. The number of aromatic hydroxyl groups is 2. The molecule has 0 saturated carbocycles. The van der Waals surface area contributed by atoms with Crippen molar-refractivity contribution in [2.45, 2.75) is 13.1 Å². The molecule has 0 aromatic heterocycles. The van der Waals surface area contributed by atoms with E-state index < -0.39 is 0 Å². The van der Waals surface area contributed by atoms with Gasteiger partial charge < -0.3 is 20.8 Å². The Morgan fingerprint density at radius 1 is 0.636 bits per heavy atom. The monoisotopic (exact) mass is 344 g/mol. The number of halogens is 2. The van der Waals surface area contributed by atoms with Gasteiger partial charge in [0.1, 0.15) is 11.5 Å². The van der Waals surface area contributed by atoms with Crippen LogP contribution in [0.5, 0.6) is 11.5 Å². The van der Waals surface area contributed by atoms with Crippen LogP contribution in [-0.2, 0) is 13.1 Å². The first-order chi connectivity index (χ1) is 9.77. The van der Waals surface area contributed by atoms with Crippen LogP contribution in [0.1, 0.15) is 11.1 Å². The molecule has 2 rings (SSSR count). The van der Waals surface area contributed by atoms with Crippen LogP contribution in [0.2, 0.25) is 0 Å². The van der Waals surface area contributed by atoms with Gasteiger partial charge in [0.2, 0.25) is 0 Å². The van der Waals surface area contributed by atoms with E-state index in [1.54, 1.807) is 12.1 Å². The molecule has 6 heteroatoms. The van der Waals surface area contributed by atoms with Crippen LogP contribution >= 0.6 is 24.8 Å². The summed E-state index contributed by atoms with van der Waals surface area (Å²) in [7, 11) is 0. The zero-order valence-corrected chi connectivity index (χ0v) is 13.8. The third-order valence-corrected chi connectivity index (χ3v) is 3.09. The predicted molar refractivity (Wildman–Crippen MR) is 94.1 cm³/mol. The standard InChI is InChI=1S/C16H20N2O2.2ClH/c19-15-7-3-1-5-13(15)11-17-9-10-18-12-14-6-2-4-8-16(14)20;;/h1-8,17-20H,9-12H2;2*1H. The smallest absolute Gasteiger partial charge is 0.120 e. The molecule has 0 unspecified atom stereocenters. The number of phenolic OH excluding ortho intramolecular Hbond substituents is 2. The summed E-state index contributed by atoms with van der Waals surface area (Å²) in [6.07, 6.45) is 0. The van der Waals surface area contributed by atoms with E-state index >= 15 is 0 Å². The largest absolute Gasteiger partial charge is 0.508 e. The van der Waals surface area contributed by atoms with E-state index in [0.29, 0.717) is 24.6 Å². The fourth-order valence-electron chi connectivity index (χ4n) is 1.94. The molecule has 0 saturated heterocycles. The molecule has 0 radical (unpaired) electrons. The molecule has 0 bridgehead atoms.